The fourth-order valence-electron chi connectivity index (χ4n) is 2.15. The summed E-state index contributed by atoms with van der Waals surface area (Å²) in [5, 5.41) is 8.86. The number of carbonyl (C=O) groups excluding carboxylic acids is 1. The molecule has 1 aromatic rings. The van der Waals surface area contributed by atoms with Gasteiger partial charge in [0, 0.05) is 31.5 Å². The van der Waals surface area contributed by atoms with E-state index in [9.17, 15) is 9.59 Å². The fraction of sp³-hybridized carbons (Fsp3) is 0.429. The van der Waals surface area contributed by atoms with Crippen LogP contribution in [-0.2, 0) is 0 Å². The molecular weight excluding hydrogens is 246 g/mol. The average molecular weight is 263 g/mol. The van der Waals surface area contributed by atoms with Crippen molar-refractivity contribution in [2.24, 2.45) is 0 Å². The summed E-state index contributed by atoms with van der Waals surface area (Å²) in [5.41, 5.74) is 0.625. The van der Waals surface area contributed by atoms with E-state index in [1.165, 1.54) is 11.8 Å². The van der Waals surface area contributed by atoms with E-state index in [0.717, 1.165) is 0 Å². The minimum atomic E-state index is -0.878. The Morgan fingerprint density at radius 1 is 1.32 bits per heavy atom. The molecule has 1 N–H and O–H groups in total. The zero-order chi connectivity index (χ0) is 13.8. The van der Waals surface area contributed by atoms with E-state index >= 15 is 0 Å². The second-order valence-electron chi connectivity index (χ2n) is 4.67. The SMILES string of the molecule is CC(=O)c1cccc(OC2CCN(C(=O)O)CC2)c1. The Balaban J connectivity index is 1.94. The number of rotatable bonds is 3. The van der Waals surface area contributed by atoms with Gasteiger partial charge in [-0.25, -0.2) is 4.79 Å². The van der Waals surface area contributed by atoms with Crippen molar-refractivity contribution in [3.63, 3.8) is 0 Å². The lowest BCUT2D eigenvalue weighted by atomic mass is 10.1. The monoisotopic (exact) mass is 263 g/mol. The first-order valence-corrected chi connectivity index (χ1v) is 6.32. The van der Waals surface area contributed by atoms with Crippen LogP contribution in [0.15, 0.2) is 24.3 Å². The number of hydrogen-bond donors (Lipinski definition) is 1. The highest BCUT2D eigenvalue weighted by Gasteiger charge is 2.23. The largest absolute Gasteiger partial charge is 0.490 e. The van der Waals surface area contributed by atoms with Crippen molar-refractivity contribution in [2.75, 3.05) is 13.1 Å². The van der Waals surface area contributed by atoms with Crippen LogP contribution in [0.3, 0.4) is 0 Å². The van der Waals surface area contributed by atoms with Crippen molar-refractivity contribution in [1.29, 1.82) is 0 Å². The summed E-state index contributed by atoms with van der Waals surface area (Å²) in [6.45, 7) is 2.50. The Hall–Kier alpha value is -2.04. The van der Waals surface area contributed by atoms with E-state index in [1.54, 1.807) is 18.2 Å². The van der Waals surface area contributed by atoms with Crippen molar-refractivity contribution < 1.29 is 19.4 Å². The maximum atomic E-state index is 11.3. The van der Waals surface area contributed by atoms with Crippen LogP contribution in [0.25, 0.3) is 0 Å². The van der Waals surface area contributed by atoms with Crippen LogP contribution in [0.5, 0.6) is 5.75 Å². The summed E-state index contributed by atoms with van der Waals surface area (Å²) in [4.78, 5) is 23.5. The third-order valence-electron chi connectivity index (χ3n) is 3.26. The molecule has 0 aliphatic carbocycles. The number of Topliss-reactive ketones (excluding diaryl/α,β-unsaturated/α-hetero) is 1. The number of piperidine rings is 1. The van der Waals surface area contributed by atoms with Gasteiger partial charge in [-0.3, -0.25) is 4.79 Å². The van der Waals surface area contributed by atoms with Crippen LogP contribution >= 0.6 is 0 Å². The number of ketones is 1. The lowest BCUT2D eigenvalue weighted by Crippen LogP contribution is -2.41. The van der Waals surface area contributed by atoms with E-state index in [-0.39, 0.29) is 11.9 Å². The highest BCUT2D eigenvalue weighted by molar-refractivity contribution is 5.94. The molecule has 1 aromatic carbocycles. The molecule has 1 saturated heterocycles. The van der Waals surface area contributed by atoms with Crippen LogP contribution in [-0.4, -0.2) is 41.1 Å². The molecule has 0 unspecified atom stereocenters. The smallest absolute Gasteiger partial charge is 0.407 e. The number of amides is 1. The molecule has 1 aliphatic heterocycles. The summed E-state index contributed by atoms with van der Waals surface area (Å²) in [5.74, 6) is 0.674. The molecule has 1 fully saturated rings. The van der Waals surface area contributed by atoms with Gasteiger partial charge in [-0.2, -0.15) is 0 Å². The predicted octanol–water partition coefficient (Wildman–Crippen LogP) is 2.41. The fourth-order valence-corrected chi connectivity index (χ4v) is 2.15. The van der Waals surface area contributed by atoms with Crippen molar-refractivity contribution in [3.8, 4) is 5.75 Å². The van der Waals surface area contributed by atoms with Gasteiger partial charge >= 0.3 is 6.09 Å². The van der Waals surface area contributed by atoms with Gasteiger partial charge < -0.3 is 14.7 Å². The third kappa shape index (κ3) is 3.47. The van der Waals surface area contributed by atoms with Gasteiger partial charge in [-0.05, 0) is 19.1 Å². The van der Waals surface area contributed by atoms with Gasteiger partial charge in [-0.1, -0.05) is 12.1 Å². The van der Waals surface area contributed by atoms with E-state index in [4.69, 9.17) is 9.84 Å². The molecule has 0 aromatic heterocycles. The van der Waals surface area contributed by atoms with Crippen molar-refractivity contribution in [3.05, 3.63) is 29.8 Å². The quantitative estimate of drug-likeness (QED) is 0.850. The molecule has 0 saturated carbocycles. The molecule has 2 rings (SSSR count). The Morgan fingerprint density at radius 2 is 2.00 bits per heavy atom. The first-order chi connectivity index (χ1) is 9.06. The van der Waals surface area contributed by atoms with E-state index < -0.39 is 6.09 Å². The second kappa shape index (κ2) is 5.73. The second-order valence-corrected chi connectivity index (χ2v) is 4.67. The lowest BCUT2D eigenvalue weighted by Gasteiger charge is -2.30. The molecule has 1 aliphatic rings. The van der Waals surface area contributed by atoms with Crippen LogP contribution in [0.1, 0.15) is 30.1 Å². The number of hydrogen-bond acceptors (Lipinski definition) is 3. The summed E-state index contributed by atoms with van der Waals surface area (Å²) < 4.78 is 5.80. The molecular formula is C14H17NO4. The summed E-state index contributed by atoms with van der Waals surface area (Å²) >= 11 is 0. The minimum absolute atomic E-state index is 0.00569. The highest BCUT2D eigenvalue weighted by atomic mass is 16.5. The van der Waals surface area contributed by atoms with Gasteiger partial charge in [0.25, 0.3) is 0 Å². The van der Waals surface area contributed by atoms with E-state index in [0.29, 0.717) is 37.2 Å². The average Bonchev–Trinajstić information content (AvgIpc) is 2.39. The molecule has 0 radical (unpaired) electrons. The van der Waals surface area contributed by atoms with Crippen molar-refractivity contribution in [2.45, 2.75) is 25.9 Å². The molecule has 1 heterocycles. The minimum Gasteiger partial charge on any atom is -0.490 e. The maximum absolute atomic E-state index is 11.3. The topological polar surface area (TPSA) is 66.8 Å². The first kappa shape index (κ1) is 13.4. The number of likely N-dealkylation sites (tertiary alicyclic amines) is 1. The summed E-state index contributed by atoms with van der Waals surface area (Å²) in [6, 6.07) is 7.09. The number of carboxylic acid groups (broad SMARTS) is 1. The molecule has 0 bridgehead atoms. The van der Waals surface area contributed by atoms with E-state index in [2.05, 4.69) is 0 Å². The highest BCUT2D eigenvalue weighted by Crippen LogP contribution is 2.20. The molecule has 1 amide bonds. The number of nitrogens with zero attached hydrogens (tertiary/aromatic N) is 1. The molecule has 19 heavy (non-hydrogen) atoms. The van der Waals surface area contributed by atoms with Crippen molar-refractivity contribution >= 4 is 11.9 Å². The Kier molecular flexibility index (Phi) is 4.04. The Morgan fingerprint density at radius 3 is 2.58 bits per heavy atom. The Labute approximate surface area is 111 Å². The standard InChI is InChI=1S/C14H17NO4/c1-10(16)11-3-2-4-13(9-11)19-12-5-7-15(8-6-12)14(17)18/h2-4,9,12H,5-8H2,1H3,(H,17,18). The molecule has 0 atom stereocenters. The molecule has 0 spiro atoms. The first-order valence-electron chi connectivity index (χ1n) is 6.32. The third-order valence-corrected chi connectivity index (χ3v) is 3.26. The Bertz CT molecular complexity index is 478. The number of carbonyl (C=O) groups is 2. The summed E-state index contributed by atoms with van der Waals surface area (Å²) in [7, 11) is 0. The molecule has 5 nitrogen and oxygen atoms in total. The van der Waals surface area contributed by atoms with Gasteiger partial charge in [0.2, 0.25) is 0 Å². The van der Waals surface area contributed by atoms with Crippen molar-refractivity contribution in [1.82, 2.24) is 4.90 Å². The molecule has 102 valence electrons. The number of ether oxygens (including phenoxy) is 1. The zero-order valence-corrected chi connectivity index (χ0v) is 10.8. The van der Waals surface area contributed by atoms with Gasteiger partial charge in [0.15, 0.2) is 5.78 Å². The zero-order valence-electron chi connectivity index (χ0n) is 10.8. The van der Waals surface area contributed by atoms with Gasteiger partial charge in [-0.15, -0.1) is 0 Å². The van der Waals surface area contributed by atoms with Gasteiger partial charge in [0.1, 0.15) is 11.9 Å². The van der Waals surface area contributed by atoms with E-state index in [1.807, 2.05) is 6.07 Å². The number of benzene rings is 1. The van der Waals surface area contributed by atoms with Crippen LogP contribution < -0.4 is 4.74 Å². The molecule has 5 heteroatoms. The summed E-state index contributed by atoms with van der Waals surface area (Å²) in [6.07, 6.45) is 0.488. The van der Waals surface area contributed by atoms with Crippen LogP contribution in [0.2, 0.25) is 0 Å². The van der Waals surface area contributed by atoms with Crippen LogP contribution in [0.4, 0.5) is 4.79 Å². The predicted molar refractivity (Wildman–Crippen MR) is 69.7 cm³/mol. The lowest BCUT2D eigenvalue weighted by molar-refractivity contribution is 0.0890. The van der Waals surface area contributed by atoms with Gasteiger partial charge in [0.05, 0.1) is 0 Å². The maximum Gasteiger partial charge on any atom is 0.407 e. The normalized spacial score (nSPS) is 16.2. The van der Waals surface area contributed by atoms with Crippen LogP contribution in [0, 0.1) is 0 Å².